The number of benzene rings is 1. The molecule has 1 aliphatic carbocycles. The molecule has 0 heterocycles. The minimum Gasteiger partial charge on any atom is -0.481 e. The van der Waals surface area contributed by atoms with Gasteiger partial charge in [0.25, 0.3) is 0 Å². The first-order chi connectivity index (χ1) is 7.61. The Morgan fingerprint density at radius 3 is 2.75 bits per heavy atom. The second-order valence-electron chi connectivity index (χ2n) is 4.77. The van der Waals surface area contributed by atoms with E-state index in [0.29, 0.717) is 0 Å². The van der Waals surface area contributed by atoms with Crippen LogP contribution >= 0.6 is 0 Å². The van der Waals surface area contributed by atoms with Gasteiger partial charge in [-0.3, -0.25) is 4.79 Å². The highest BCUT2D eigenvalue weighted by atomic mass is 16.4. The third-order valence-corrected chi connectivity index (χ3v) is 3.88. The number of hydrogen-bond donors (Lipinski definition) is 1. The Morgan fingerprint density at radius 2 is 2.06 bits per heavy atom. The fourth-order valence-electron chi connectivity index (χ4n) is 2.80. The Labute approximate surface area is 96.3 Å². The predicted molar refractivity (Wildman–Crippen MR) is 63.6 cm³/mol. The van der Waals surface area contributed by atoms with Gasteiger partial charge in [0.05, 0.1) is 5.92 Å². The number of rotatable bonds is 2. The van der Waals surface area contributed by atoms with E-state index in [1.54, 1.807) is 0 Å². The molecule has 0 spiro atoms. The summed E-state index contributed by atoms with van der Waals surface area (Å²) in [5, 5.41) is 9.21. The molecule has 86 valence electrons. The summed E-state index contributed by atoms with van der Waals surface area (Å²) in [6.45, 7) is 4.19. The molecule has 2 atom stereocenters. The standard InChI is InChI=1S/C14H18O2/c1-9-5-3-6-11(10(9)2)12-7-4-8-13(12)14(15)16/h3,5-6,12-13H,4,7-8H2,1-2H3,(H,15,16). The zero-order valence-corrected chi connectivity index (χ0v) is 9.86. The fourth-order valence-corrected chi connectivity index (χ4v) is 2.80. The van der Waals surface area contributed by atoms with E-state index < -0.39 is 5.97 Å². The summed E-state index contributed by atoms with van der Waals surface area (Å²) < 4.78 is 0. The molecule has 0 amide bonds. The Kier molecular flexibility index (Phi) is 2.99. The first-order valence-electron chi connectivity index (χ1n) is 5.90. The molecule has 1 aromatic rings. The van der Waals surface area contributed by atoms with Gasteiger partial charge in [-0.05, 0) is 49.3 Å². The number of aliphatic carboxylic acids is 1. The van der Waals surface area contributed by atoms with Crippen LogP contribution in [0.3, 0.4) is 0 Å². The van der Waals surface area contributed by atoms with Crippen molar-refractivity contribution < 1.29 is 9.90 Å². The molecule has 2 unspecified atom stereocenters. The van der Waals surface area contributed by atoms with Crippen LogP contribution in [0.5, 0.6) is 0 Å². The lowest BCUT2D eigenvalue weighted by molar-refractivity contribution is -0.142. The molecule has 0 aromatic heterocycles. The smallest absolute Gasteiger partial charge is 0.307 e. The van der Waals surface area contributed by atoms with E-state index in [1.807, 2.05) is 6.07 Å². The number of hydrogen-bond acceptors (Lipinski definition) is 1. The molecule has 0 saturated heterocycles. The molecule has 1 saturated carbocycles. The van der Waals surface area contributed by atoms with E-state index in [9.17, 15) is 9.90 Å². The SMILES string of the molecule is Cc1cccc(C2CCCC2C(=O)O)c1C. The van der Waals surface area contributed by atoms with Crippen LogP contribution in [0.4, 0.5) is 0 Å². The van der Waals surface area contributed by atoms with E-state index in [1.165, 1.54) is 16.7 Å². The zero-order valence-electron chi connectivity index (χ0n) is 9.86. The monoisotopic (exact) mass is 218 g/mol. The number of carboxylic acids is 1. The Bertz CT molecular complexity index is 409. The average molecular weight is 218 g/mol. The highest BCUT2D eigenvalue weighted by Crippen LogP contribution is 2.41. The fraction of sp³-hybridized carbons (Fsp3) is 0.500. The van der Waals surface area contributed by atoms with Gasteiger partial charge in [0.1, 0.15) is 0 Å². The predicted octanol–water partition coefficient (Wildman–Crippen LogP) is 3.27. The van der Waals surface area contributed by atoms with Gasteiger partial charge in [-0.25, -0.2) is 0 Å². The van der Waals surface area contributed by atoms with Crippen molar-refractivity contribution in [1.82, 2.24) is 0 Å². The van der Waals surface area contributed by atoms with E-state index >= 15 is 0 Å². The van der Waals surface area contributed by atoms with Crippen molar-refractivity contribution in [3.05, 3.63) is 34.9 Å². The molecular formula is C14H18O2. The van der Waals surface area contributed by atoms with Crippen LogP contribution in [0.1, 0.15) is 41.9 Å². The molecule has 16 heavy (non-hydrogen) atoms. The van der Waals surface area contributed by atoms with Crippen LogP contribution < -0.4 is 0 Å². The summed E-state index contributed by atoms with van der Waals surface area (Å²) in [4.78, 5) is 11.2. The maximum Gasteiger partial charge on any atom is 0.307 e. The van der Waals surface area contributed by atoms with Crippen LogP contribution in [0.15, 0.2) is 18.2 Å². The van der Waals surface area contributed by atoms with Gasteiger partial charge in [0, 0.05) is 0 Å². The summed E-state index contributed by atoms with van der Waals surface area (Å²) in [5.74, 6) is -0.596. The van der Waals surface area contributed by atoms with Crippen LogP contribution in [0.25, 0.3) is 0 Å². The Morgan fingerprint density at radius 1 is 1.31 bits per heavy atom. The largest absolute Gasteiger partial charge is 0.481 e. The Balaban J connectivity index is 2.36. The third kappa shape index (κ3) is 1.84. The first-order valence-corrected chi connectivity index (χ1v) is 5.90. The average Bonchev–Trinajstić information content (AvgIpc) is 2.70. The minimum absolute atomic E-state index is 0.180. The van der Waals surface area contributed by atoms with Crippen molar-refractivity contribution in [3.63, 3.8) is 0 Å². The van der Waals surface area contributed by atoms with Gasteiger partial charge in [-0.2, -0.15) is 0 Å². The van der Waals surface area contributed by atoms with Crippen LogP contribution in [-0.4, -0.2) is 11.1 Å². The lowest BCUT2D eigenvalue weighted by atomic mass is 9.85. The summed E-state index contributed by atoms with van der Waals surface area (Å²) in [7, 11) is 0. The molecule has 1 aromatic carbocycles. The summed E-state index contributed by atoms with van der Waals surface area (Å²) in [5.41, 5.74) is 3.76. The Hall–Kier alpha value is -1.31. The highest BCUT2D eigenvalue weighted by Gasteiger charge is 2.34. The van der Waals surface area contributed by atoms with Gasteiger partial charge in [0.15, 0.2) is 0 Å². The molecule has 1 fully saturated rings. The summed E-state index contributed by atoms with van der Waals surface area (Å²) in [6.07, 6.45) is 2.88. The van der Waals surface area contributed by atoms with Crippen LogP contribution in [0, 0.1) is 19.8 Å². The molecule has 2 nitrogen and oxygen atoms in total. The van der Waals surface area contributed by atoms with E-state index in [-0.39, 0.29) is 11.8 Å². The number of aryl methyl sites for hydroxylation is 1. The minimum atomic E-state index is -0.636. The summed E-state index contributed by atoms with van der Waals surface area (Å²) >= 11 is 0. The van der Waals surface area contributed by atoms with E-state index in [2.05, 4.69) is 26.0 Å². The van der Waals surface area contributed by atoms with Gasteiger partial charge in [-0.15, -0.1) is 0 Å². The molecule has 0 aliphatic heterocycles. The topological polar surface area (TPSA) is 37.3 Å². The van der Waals surface area contributed by atoms with Crippen molar-refractivity contribution >= 4 is 5.97 Å². The van der Waals surface area contributed by atoms with E-state index in [4.69, 9.17) is 0 Å². The molecule has 1 N–H and O–H groups in total. The molecule has 2 heteroatoms. The maximum atomic E-state index is 11.2. The van der Waals surface area contributed by atoms with Crippen molar-refractivity contribution in [2.45, 2.75) is 39.0 Å². The third-order valence-electron chi connectivity index (χ3n) is 3.88. The van der Waals surface area contributed by atoms with Gasteiger partial charge >= 0.3 is 5.97 Å². The lowest BCUT2D eigenvalue weighted by Gasteiger charge is -2.19. The van der Waals surface area contributed by atoms with Gasteiger partial charge in [0.2, 0.25) is 0 Å². The zero-order chi connectivity index (χ0) is 11.7. The van der Waals surface area contributed by atoms with Gasteiger partial charge in [-0.1, -0.05) is 24.6 Å². The summed E-state index contributed by atoms with van der Waals surface area (Å²) in [6, 6.07) is 6.21. The molecule has 2 rings (SSSR count). The highest BCUT2D eigenvalue weighted by molar-refractivity contribution is 5.72. The second kappa shape index (κ2) is 4.28. The van der Waals surface area contributed by atoms with Crippen molar-refractivity contribution in [3.8, 4) is 0 Å². The molecule has 0 bridgehead atoms. The molecule has 0 radical (unpaired) electrons. The van der Waals surface area contributed by atoms with E-state index in [0.717, 1.165) is 19.3 Å². The molecule has 1 aliphatic rings. The normalized spacial score (nSPS) is 24.6. The van der Waals surface area contributed by atoms with Crippen molar-refractivity contribution in [1.29, 1.82) is 0 Å². The quantitative estimate of drug-likeness (QED) is 0.827. The first kappa shape index (κ1) is 11.2. The second-order valence-corrected chi connectivity index (χ2v) is 4.77. The maximum absolute atomic E-state index is 11.2. The van der Waals surface area contributed by atoms with Gasteiger partial charge < -0.3 is 5.11 Å². The lowest BCUT2D eigenvalue weighted by Crippen LogP contribution is -2.17. The van der Waals surface area contributed by atoms with Crippen molar-refractivity contribution in [2.24, 2.45) is 5.92 Å². The molecular weight excluding hydrogens is 200 g/mol. The number of carbonyl (C=O) groups is 1. The van der Waals surface area contributed by atoms with Crippen LogP contribution in [0.2, 0.25) is 0 Å². The number of carboxylic acid groups (broad SMARTS) is 1. The van der Waals surface area contributed by atoms with Crippen LogP contribution in [-0.2, 0) is 4.79 Å². The van der Waals surface area contributed by atoms with Crippen molar-refractivity contribution in [2.75, 3.05) is 0 Å².